The third kappa shape index (κ3) is 5.80. The molecule has 2 aromatic heterocycles. The Morgan fingerprint density at radius 2 is 1.89 bits per heavy atom. The number of rotatable bonds is 6. The van der Waals surface area contributed by atoms with E-state index in [1.54, 1.807) is 7.11 Å². The Labute approximate surface area is 179 Å². The minimum absolute atomic E-state index is 0. The lowest BCUT2D eigenvalue weighted by Crippen LogP contribution is -2.35. The predicted molar refractivity (Wildman–Crippen MR) is 117 cm³/mol. The molecule has 2 aromatic rings. The lowest BCUT2D eigenvalue weighted by atomic mass is 9.78. The molecule has 3 rings (SSSR count). The van der Waals surface area contributed by atoms with Crippen molar-refractivity contribution in [3.63, 3.8) is 0 Å². The van der Waals surface area contributed by atoms with Crippen LogP contribution >= 0.6 is 24.8 Å². The van der Waals surface area contributed by atoms with Gasteiger partial charge in [0.25, 0.3) is 0 Å². The summed E-state index contributed by atoms with van der Waals surface area (Å²) in [5.74, 6) is 2.04. The number of halogens is 2. The van der Waals surface area contributed by atoms with Crippen molar-refractivity contribution in [2.24, 2.45) is 5.73 Å². The number of H-pyrrole nitrogens is 1. The van der Waals surface area contributed by atoms with Crippen LogP contribution in [0.25, 0.3) is 0 Å². The molecular weight excluding hydrogens is 399 g/mol. The van der Waals surface area contributed by atoms with Crippen LogP contribution in [0.5, 0.6) is 0 Å². The molecule has 1 aliphatic carbocycles. The predicted octanol–water partition coefficient (Wildman–Crippen LogP) is 3.33. The Kier molecular flexibility index (Phi) is 8.68. The van der Waals surface area contributed by atoms with Gasteiger partial charge in [0.2, 0.25) is 0 Å². The van der Waals surface area contributed by atoms with E-state index in [0.717, 1.165) is 35.7 Å². The Balaban J connectivity index is 0.00000196. The van der Waals surface area contributed by atoms with Gasteiger partial charge in [-0.25, -0.2) is 9.97 Å². The Bertz CT molecular complexity index is 755. The van der Waals surface area contributed by atoms with E-state index in [1.807, 2.05) is 7.05 Å². The van der Waals surface area contributed by atoms with Crippen LogP contribution in [0.4, 0.5) is 5.82 Å². The maximum absolute atomic E-state index is 5.95. The zero-order valence-electron chi connectivity index (χ0n) is 17.2. The van der Waals surface area contributed by atoms with Crippen molar-refractivity contribution in [3.8, 4) is 0 Å². The largest absolute Gasteiger partial charge is 0.377 e. The molecule has 1 fully saturated rings. The van der Waals surface area contributed by atoms with Crippen molar-refractivity contribution >= 4 is 30.6 Å². The highest BCUT2D eigenvalue weighted by Gasteiger charge is 2.29. The lowest BCUT2D eigenvalue weighted by Gasteiger charge is -2.32. The highest BCUT2D eigenvalue weighted by molar-refractivity contribution is 5.85. The number of aromatic nitrogens is 4. The summed E-state index contributed by atoms with van der Waals surface area (Å²) in [5, 5.41) is 7.58. The lowest BCUT2D eigenvalue weighted by molar-refractivity contribution is 0.177. The second kappa shape index (κ2) is 9.87. The van der Waals surface area contributed by atoms with Gasteiger partial charge < -0.3 is 15.4 Å². The number of nitrogens with one attached hydrogen (secondary N) is 1. The van der Waals surface area contributed by atoms with Crippen molar-refractivity contribution < 1.29 is 4.74 Å². The second-order valence-corrected chi connectivity index (χ2v) is 8.31. The molecule has 9 heteroatoms. The van der Waals surface area contributed by atoms with Crippen LogP contribution in [-0.4, -0.2) is 40.4 Å². The van der Waals surface area contributed by atoms with E-state index in [1.165, 1.54) is 0 Å². The van der Waals surface area contributed by atoms with Gasteiger partial charge in [0, 0.05) is 43.3 Å². The standard InChI is InChI=1S/C19H30N6O.2ClH/c1-19(2,3)16-8-14(23-24-16)10-25(4)18-9-15(12-6-13(20)7-12)21-17(22-18)11-26-5;;/h8-9,12-13H,6-7,10-11,20H2,1-5H3,(H,23,24);2*1H. The van der Waals surface area contributed by atoms with Crippen LogP contribution in [0.15, 0.2) is 12.1 Å². The summed E-state index contributed by atoms with van der Waals surface area (Å²) >= 11 is 0. The van der Waals surface area contributed by atoms with Crippen molar-refractivity contribution in [1.82, 2.24) is 20.2 Å². The maximum Gasteiger partial charge on any atom is 0.156 e. The number of anilines is 1. The monoisotopic (exact) mass is 430 g/mol. The molecule has 158 valence electrons. The summed E-state index contributed by atoms with van der Waals surface area (Å²) in [6, 6.07) is 4.50. The van der Waals surface area contributed by atoms with Gasteiger partial charge in [0.1, 0.15) is 12.4 Å². The summed E-state index contributed by atoms with van der Waals surface area (Å²) in [4.78, 5) is 11.4. The highest BCUT2D eigenvalue weighted by atomic mass is 35.5. The van der Waals surface area contributed by atoms with Crippen LogP contribution in [0, 0.1) is 0 Å². The van der Waals surface area contributed by atoms with Crippen molar-refractivity contribution in [3.05, 3.63) is 35.0 Å². The van der Waals surface area contributed by atoms with Crippen molar-refractivity contribution in [2.45, 2.75) is 64.1 Å². The second-order valence-electron chi connectivity index (χ2n) is 8.31. The van der Waals surface area contributed by atoms with E-state index < -0.39 is 0 Å². The molecule has 0 saturated heterocycles. The molecule has 0 spiro atoms. The molecule has 2 heterocycles. The maximum atomic E-state index is 5.95. The Hall–Kier alpha value is -1.41. The number of nitrogens with zero attached hydrogens (tertiary/aromatic N) is 4. The molecule has 0 atom stereocenters. The van der Waals surface area contributed by atoms with E-state index >= 15 is 0 Å². The van der Waals surface area contributed by atoms with E-state index in [2.05, 4.69) is 58.0 Å². The molecule has 28 heavy (non-hydrogen) atoms. The first kappa shape index (κ1) is 24.6. The molecule has 7 nitrogen and oxygen atoms in total. The summed E-state index contributed by atoms with van der Waals surface area (Å²) in [6.07, 6.45) is 1.98. The van der Waals surface area contributed by atoms with Crippen molar-refractivity contribution in [2.75, 3.05) is 19.1 Å². The fraction of sp³-hybridized carbons (Fsp3) is 0.632. The molecule has 0 amide bonds. The van der Waals surface area contributed by atoms with Gasteiger partial charge >= 0.3 is 0 Å². The van der Waals surface area contributed by atoms with Crippen LogP contribution < -0.4 is 10.6 Å². The number of hydrogen-bond acceptors (Lipinski definition) is 6. The molecule has 1 aliphatic rings. The average molecular weight is 431 g/mol. The van der Waals surface area contributed by atoms with Gasteiger partial charge in [0.05, 0.1) is 17.9 Å². The zero-order chi connectivity index (χ0) is 18.9. The van der Waals surface area contributed by atoms with Gasteiger partial charge in [-0.2, -0.15) is 5.10 Å². The first-order chi connectivity index (χ1) is 12.3. The zero-order valence-corrected chi connectivity index (χ0v) is 18.9. The molecular formula is C19H32Cl2N6O. The van der Waals surface area contributed by atoms with Gasteiger partial charge in [0.15, 0.2) is 5.82 Å². The Morgan fingerprint density at radius 3 is 2.43 bits per heavy atom. The first-order valence-corrected chi connectivity index (χ1v) is 9.14. The SMILES string of the molecule is COCc1nc(C2CC(N)C2)cc(N(C)Cc2cc(C(C)(C)C)n[nH]2)n1.Cl.Cl. The van der Waals surface area contributed by atoms with E-state index in [-0.39, 0.29) is 30.2 Å². The fourth-order valence-corrected chi connectivity index (χ4v) is 3.17. The molecule has 0 aromatic carbocycles. The smallest absolute Gasteiger partial charge is 0.156 e. The molecule has 0 radical (unpaired) electrons. The summed E-state index contributed by atoms with van der Waals surface area (Å²) in [7, 11) is 3.70. The topological polar surface area (TPSA) is 93.0 Å². The normalized spacial score (nSPS) is 18.6. The van der Waals surface area contributed by atoms with Gasteiger partial charge in [-0.1, -0.05) is 20.8 Å². The highest BCUT2D eigenvalue weighted by Crippen LogP contribution is 2.35. The third-order valence-corrected chi connectivity index (χ3v) is 4.84. The summed E-state index contributed by atoms with van der Waals surface area (Å²) < 4.78 is 5.24. The molecule has 3 N–H and O–H groups in total. The van der Waals surface area contributed by atoms with Crippen molar-refractivity contribution in [1.29, 1.82) is 0 Å². The summed E-state index contributed by atoms with van der Waals surface area (Å²) in [6.45, 7) is 7.59. The van der Waals surface area contributed by atoms with Gasteiger partial charge in [-0.15, -0.1) is 24.8 Å². The number of hydrogen-bond donors (Lipinski definition) is 2. The van der Waals surface area contributed by atoms with Crippen LogP contribution in [0.1, 0.15) is 62.4 Å². The van der Waals surface area contributed by atoms with Gasteiger partial charge in [-0.3, -0.25) is 5.10 Å². The van der Waals surface area contributed by atoms with E-state index in [9.17, 15) is 0 Å². The first-order valence-electron chi connectivity index (χ1n) is 9.14. The molecule has 0 bridgehead atoms. The quantitative estimate of drug-likeness (QED) is 0.729. The Morgan fingerprint density at radius 1 is 1.21 bits per heavy atom. The fourth-order valence-electron chi connectivity index (χ4n) is 3.17. The minimum atomic E-state index is 0. The third-order valence-electron chi connectivity index (χ3n) is 4.84. The summed E-state index contributed by atoms with van der Waals surface area (Å²) in [5.41, 5.74) is 9.18. The molecule has 1 saturated carbocycles. The molecule has 0 unspecified atom stereocenters. The van der Waals surface area contributed by atoms with E-state index in [4.69, 9.17) is 10.5 Å². The molecule has 0 aliphatic heterocycles. The van der Waals surface area contributed by atoms with Crippen LogP contribution in [-0.2, 0) is 23.3 Å². The average Bonchev–Trinajstić information content (AvgIpc) is 3.00. The number of nitrogens with two attached hydrogens (primary N) is 1. The van der Waals surface area contributed by atoms with Crippen LogP contribution in [0.3, 0.4) is 0 Å². The number of ether oxygens (including phenoxy) is 1. The van der Waals surface area contributed by atoms with Gasteiger partial charge in [-0.05, 0) is 18.9 Å². The minimum Gasteiger partial charge on any atom is -0.377 e. The van der Waals surface area contributed by atoms with Crippen LogP contribution in [0.2, 0.25) is 0 Å². The number of aromatic amines is 1. The number of methoxy groups -OCH3 is 1. The van der Waals surface area contributed by atoms with E-state index in [0.29, 0.717) is 30.9 Å².